The molecule has 6 heteroatoms. The Hall–Kier alpha value is -2.66. The predicted octanol–water partition coefficient (Wildman–Crippen LogP) is 5.37. The summed E-state index contributed by atoms with van der Waals surface area (Å²) in [5.74, 6) is -0.305. The van der Waals surface area contributed by atoms with Crippen molar-refractivity contribution < 1.29 is 14.6 Å². The second-order valence-electron chi connectivity index (χ2n) is 7.36. The van der Waals surface area contributed by atoms with Crippen molar-refractivity contribution in [2.24, 2.45) is 0 Å². The highest BCUT2D eigenvalue weighted by atomic mass is 35.5. The van der Waals surface area contributed by atoms with Gasteiger partial charge in [0.1, 0.15) is 5.75 Å². The third-order valence-electron chi connectivity index (χ3n) is 5.03. The molecule has 0 spiro atoms. The molecule has 0 unspecified atom stereocenters. The van der Waals surface area contributed by atoms with Crippen LogP contribution in [0.5, 0.6) is 5.75 Å². The molecule has 1 aliphatic heterocycles. The van der Waals surface area contributed by atoms with E-state index in [2.05, 4.69) is 4.90 Å². The highest BCUT2D eigenvalue weighted by Crippen LogP contribution is 2.36. The lowest BCUT2D eigenvalue weighted by Crippen LogP contribution is -2.17. The maximum absolute atomic E-state index is 12.0. The summed E-state index contributed by atoms with van der Waals surface area (Å²) >= 11 is 6.54. The van der Waals surface area contributed by atoms with E-state index >= 15 is 0 Å². The van der Waals surface area contributed by atoms with Crippen LogP contribution in [0.4, 0.5) is 5.69 Å². The monoisotopic (exact) mass is 398 g/mol. The number of halogens is 1. The van der Waals surface area contributed by atoms with Gasteiger partial charge in [-0.25, -0.2) is 4.79 Å². The first-order valence-corrected chi connectivity index (χ1v) is 9.93. The number of carboxylic acid groups (broad SMARTS) is 1. The number of carbonyl (C=O) groups is 1. The molecule has 2 heterocycles. The molecule has 0 radical (unpaired) electrons. The van der Waals surface area contributed by atoms with E-state index in [0.29, 0.717) is 0 Å². The van der Waals surface area contributed by atoms with E-state index in [1.807, 2.05) is 56.3 Å². The number of benzene rings is 2. The molecule has 28 heavy (non-hydrogen) atoms. The summed E-state index contributed by atoms with van der Waals surface area (Å²) in [6.07, 6.45) is 2.43. The molecule has 1 N–H and O–H groups in total. The quantitative estimate of drug-likeness (QED) is 0.627. The van der Waals surface area contributed by atoms with Gasteiger partial charge in [0, 0.05) is 29.9 Å². The fourth-order valence-electron chi connectivity index (χ4n) is 3.82. The molecular formula is C22H23ClN2O3. The Morgan fingerprint density at radius 1 is 1.07 bits per heavy atom. The lowest BCUT2D eigenvalue weighted by atomic mass is 10.2. The number of anilines is 1. The van der Waals surface area contributed by atoms with Crippen molar-refractivity contribution in [3.8, 4) is 11.4 Å². The number of carboxylic acids is 1. The predicted molar refractivity (Wildman–Crippen MR) is 112 cm³/mol. The normalized spacial score (nSPS) is 14.2. The van der Waals surface area contributed by atoms with Crippen LogP contribution in [0.15, 0.2) is 42.5 Å². The largest absolute Gasteiger partial charge is 0.491 e. The third-order valence-corrected chi connectivity index (χ3v) is 5.41. The Morgan fingerprint density at radius 3 is 2.32 bits per heavy atom. The van der Waals surface area contributed by atoms with Gasteiger partial charge >= 0.3 is 5.97 Å². The summed E-state index contributed by atoms with van der Waals surface area (Å²) in [5.41, 5.74) is 2.68. The van der Waals surface area contributed by atoms with Crippen LogP contribution in [0.3, 0.4) is 0 Å². The van der Waals surface area contributed by atoms with Crippen LogP contribution in [-0.2, 0) is 0 Å². The highest BCUT2D eigenvalue weighted by Gasteiger charge is 2.23. The number of hydrogen-bond acceptors (Lipinski definition) is 3. The van der Waals surface area contributed by atoms with Crippen LogP contribution in [0, 0.1) is 0 Å². The van der Waals surface area contributed by atoms with Crippen molar-refractivity contribution in [2.45, 2.75) is 32.8 Å². The smallest absolute Gasteiger partial charge is 0.354 e. The standard InChI is InChI=1S/C22H23ClN2O3/c1-14(2)28-17-8-5-15(6-9-17)25-19-10-7-16(24-11-3-4-12-24)13-18(19)20(23)21(25)22(26)27/h5-10,13-14H,3-4,11-12H2,1-2H3,(H,26,27). The minimum absolute atomic E-state index is 0.0753. The Morgan fingerprint density at radius 2 is 1.71 bits per heavy atom. The molecule has 1 fully saturated rings. The second kappa shape index (κ2) is 7.40. The minimum Gasteiger partial charge on any atom is -0.491 e. The van der Waals surface area contributed by atoms with Crippen molar-refractivity contribution in [3.63, 3.8) is 0 Å². The molecule has 4 rings (SSSR count). The Bertz CT molecular complexity index is 1020. The number of rotatable bonds is 5. The molecule has 1 saturated heterocycles. The Kier molecular flexibility index (Phi) is 4.94. The Balaban J connectivity index is 1.84. The van der Waals surface area contributed by atoms with Gasteiger partial charge in [0.05, 0.1) is 16.6 Å². The average Bonchev–Trinajstić information content (AvgIpc) is 3.28. The van der Waals surface area contributed by atoms with E-state index < -0.39 is 5.97 Å². The maximum atomic E-state index is 12.0. The fraction of sp³-hybridized carbons (Fsp3) is 0.318. The van der Waals surface area contributed by atoms with Crippen LogP contribution in [0.25, 0.3) is 16.6 Å². The Labute approximate surface area is 169 Å². The van der Waals surface area contributed by atoms with E-state index in [4.69, 9.17) is 16.3 Å². The van der Waals surface area contributed by atoms with E-state index in [1.54, 1.807) is 4.57 Å². The van der Waals surface area contributed by atoms with Gasteiger partial charge in [-0.15, -0.1) is 0 Å². The average molecular weight is 399 g/mol. The fourth-order valence-corrected chi connectivity index (χ4v) is 4.13. The molecule has 2 aromatic carbocycles. The SMILES string of the molecule is CC(C)Oc1ccc(-n2c(C(=O)O)c(Cl)c3cc(N4CCCC4)ccc32)cc1. The number of hydrogen-bond donors (Lipinski definition) is 1. The van der Waals surface area contributed by atoms with Crippen molar-refractivity contribution in [1.82, 2.24) is 4.57 Å². The molecule has 1 aromatic heterocycles. The molecule has 5 nitrogen and oxygen atoms in total. The molecule has 0 saturated carbocycles. The van der Waals surface area contributed by atoms with Gasteiger partial charge in [0.15, 0.2) is 5.69 Å². The van der Waals surface area contributed by atoms with Crippen LogP contribution in [0.2, 0.25) is 5.02 Å². The molecule has 0 amide bonds. The van der Waals surface area contributed by atoms with E-state index in [0.717, 1.165) is 41.1 Å². The van der Waals surface area contributed by atoms with Gasteiger partial charge in [-0.05, 0) is 69.2 Å². The second-order valence-corrected chi connectivity index (χ2v) is 7.74. The molecule has 0 atom stereocenters. The summed E-state index contributed by atoms with van der Waals surface area (Å²) in [6, 6.07) is 13.4. The first-order chi connectivity index (χ1) is 13.5. The molecule has 3 aromatic rings. The zero-order valence-electron chi connectivity index (χ0n) is 16.0. The van der Waals surface area contributed by atoms with Gasteiger partial charge in [-0.3, -0.25) is 0 Å². The summed E-state index contributed by atoms with van der Waals surface area (Å²) in [6.45, 7) is 5.97. The number of aromatic nitrogens is 1. The van der Waals surface area contributed by atoms with Gasteiger partial charge < -0.3 is 19.3 Å². The van der Waals surface area contributed by atoms with Crippen molar-refractivity contribution in [2.75, 3.05) is 18.0 Å². The number of ether oxygens (including phenoxy) is 1. The summed E-state index contributed by atoms with van der Waals surface area (Å²) in [4.78, 5) is 14.3. The minimum atomic E-state index is -1.05. The van der Waals surface area contributed by atoms with Gasteiger partial charge in [0.25, 0.3) is 0 Å². The van der Waals surface area contributed by atoms with Crippen molar-refractivity contribution in [1.29, 1.82) is 0 Å². The van der Waals surface area contributed by atoms with Gasteiger partial charge in [-0.2, -0.15) is 0 Å². The zero-order chi connectivity index (χ0) is 19.8. The first kappa shape index (κ1) is 18.7. The lowest BCUT2D eigenvalue weighted by molar-refractivity contribution is 0.0689. The topological polar surface area (TPSA) is 54.7 Å². The molecule has 0 aliphatic carbocycles. The van der Waals surface area contributed by atoms with E-state index in [-0.39, 0.29) is 16.8 Å². The molecular weight excluding hydrogens is 376 g/mol. The van der Waals surface area contributed by atoms with Crippen molar-refractivity contribution in [3.05, 3.63) is 53.2 Å². The lowest BCUT2D eigenvalue weighted by Gasteiger charge is -2.17. The summed E-state index contributed by atoms with van der Waals surface area (Å²) in [5, 5.41) is 10.8. The van der Waals surface area contributed by atoms with E-state index in [9.17, 15) is 9.90 Å². The number of nitrogens with zero attached hydrogens (tertiary/aromatic N) is 2. The summed E-state index contributed by atoms with van der Waals surface area (Å²) in [7, 11) is 0. The highest BCUT2D eigenvalue weighted by molar-refractivity contribution is 6.38. The van der Waals surface area contributed by atoms with Gasteiger partial charge in [-0.1, -0.05) is 11.6 Å². The maximum Gasteiger partial charge on any atom is 0.354 e. The molecule has 146 valence electrons. The molecule has 1 aliphatic rings. The van der Waals surface area contributed by atoms with Crippen LogP contribution in [-0.4, -0.2) is 34.8 Å². The van der Waals surface area contributed by atoms with Crippen molar-refractivity contribution >= 4 is 34.2 Å². The van der Waals surface area contributed by atoms with Gasteiger partial charge in [0.2, 0.25) is 0 Å². The van der Waals surface area contributed by atoms with Crippen LogP contribution in [0.1, 0.15) is 37.2 Å². The number of aromatic carboxylic acids is 1. The zero-order valence-corrected chi connectivity index (χ0v) is 16.7. The first-order valence-electron chi connectivity index (χ1n) is 9.55. The summed E-state index contributed by atoms with van der Waals surface area (Å²) < 4.78 is 7.39. The van der Waals surface area contributed by atoms with Crippen LogP contribution < -0.4 is 9.64 Å². The third kappa shape index (κ3) is 3.31. The number of fused-ring (bicyclic) bond motifs is 1. The van der Waals surface area contributed by atoms with Crippen LogP contribution >= 0.6 is 11.6 Å². The molecule has 0 bridgehead atoms. The van der Waals surface area contributed by atoms with E-state index in [1.165, 1.54) is 12.8 Å².